The average molecular weight is 318 g/mol. The molecule has 0 bridgehead atoms. The number of benzene rings is 2. The number of carbonyl (C=O) groups is 1. The van der Waals surface area contributed by atoms with Gasteiger partial charge in [-0.1, -0.05) is 24.3 Å². The van der Waals surface area contributed by atoms with E-state index in [-0.39, 0.29) is 5.56 Å². The van der Waals surface area contributed by atoms with Crippen LogP contribution in [0.3, 0.4) is 0 Å². The van der Waals surface area contributed by atoms with Crippen molar-refractivity contribution in [3.63, 3.8) is 0 Å². The minimum atomic E-state index is -0.475. The molecule has 118 valence electrons. The van der Waals surface area contributed by atoms with Gasteiger partial charge in [0.05, 0.1) is 29.4 Å². The first-order valence-corrected chi connectivity index (χ1v) is 7.51. The number of esters is 1. The zero-order chi connectivity index (χ0) is 16.7. The lowest BCUT2D eigenvalue weighted by atomic mass is 10.1. The Morgan fingerprint density at radius 1 is 0.875 bits per heavy atom. The second kappa shape index (κ2) is 5.38. The Morgan fingerprint density at radius 2 is 1.54 bits per heavy atom. The van der Waals surface area contributed by atoms with E-state index in [0.29, 0.717) is 16.8 Å². The molecule has 2 aromatic carbocycles. The summed E-state index contributed by atoms with van der Waals surface area (Å²) in [5, 5.41) is 0. The number of fused-ring (bicyclic) bond motifs is 3. The van der Waals surface area contributed by atoms with Crippen molar-refractivity contribution in [2.24, 2.45) is 0 Å². The fourth-order valence-corrected chi connectivity index (χ4v) is 3.04. The molecule has 0 amide bonds. The van der Waals surface area contributed by atoms with E-state index in [4.69, 9.17) is 4.74 Å². The fourth-order valence-electron chi connectivity index (χ4n) is 3.04. The highest BCUT2D eigenvalue weighted by molar-refractivity contribution is 5.94. The topological polar surface area (TPSA) is 52.7 Å². The van der Waals surface area contributed by atoms with Gasteiger partial charge in [-0.25, -0.2) is 4.79 Å². The Kier molecular flexibility index (Phi) is 3.20. The van der Waals surface area contributed by atoms with Crippen LogP contribution >= 0.6 is 0 Å². The second-order valence-corrected chi connectivity index (χ2v) is 5.40. The van der Waals surface area contributed by atoms with Crippen LogP contribution in [0.1, 0.15) is 10.4 Å². The molecule has 0 fully saturated rings. The molecule has 0 radical (unpaired) electrons. The Labute approximate surface area is 137 Å². The fraction of sp³-hybridized carbons (Fsp3) is 0.0526. The number of carbonyl (C=O) groups excluding carboxylic acids is 1. The molecule has 0 atom stereocenters. The van der Waals surface area contributed by atoms with Crippen molar-refractivity contribution in [1.29, 1.82) is 0 Å². The smallest absolute Gasteiger partial charge is 0.339 e. The quantitative estimate of drug-likeness (QED) is 0.534. The highest BCUT2D eigenvalue weighted by Gasteiger charge is 2.17. The van der Waals surface area contributed by atoms with E-state index in [2.05, 4.69) is 0 Å². The second-order valence-electron chi connectivity index (χ2n) is 5.40. The van der Waals surface area contributed by atoms with Crippen LogP contribution in [0.15, 0.2) is 71.7 Å². The van der Waals surface area contributed by atoms with Gasteiger partial charge in [0.2, 0.25) is 0 Å². The van der Waals surface area contributed by atoms with Crippen LogP contribution < -0.4 is 5.56 Å². The largest absolute Gasteiger partial charge is 0.465 e. The average Bonchev–Trinajstić information content (AvgIpc) is 3.12. The maximum atomic E-state index is 13.1. The number of para-hydroxylation sites is 3. The van der Waals surface area contributed by atoms with E-state index in [1.807, 2.05) is 40.9 Å². The molecule has 4 rings (SSSR count). The van der Waals surface area contributed by atoms with Crippen LogP contribution in [0.25, 0.3) is 22.2 Å². The predicted molar refractivity (Wildman–Crippen MR) is 91.8 cm³/mol. The third-order valence-electron chi connectivity index (χ3n) is 4.10. The van der Waals surface area contributed by atoms with Crippen molar-refractivity contribution in [1.82, 2.24) is 8.97 Å². The maximum absolute atomic E-state index is 13.1. The maximum Gasteiger partial charge on any atom is 0.339 e. The molecule has 0 unspecified atom stereocenters. The first kappa shape index (κ1) is 14.3. The molecule has 0 aliphatic carbocycles. The molecule has 0 N–H and O–H groups in total. The Hall–Kier alpha value is -3.34. The van der Waals surface area contributed by atoms with E-state index in [1.54, 1.807) is 34.9 Å². The zero-order valence-electron chi connectivity index (χ0n) is 13.0. The summed E-state index contributed by atoms with van der Waals surface area (Å²) < 4.78 is 8.29. The summed E-state index contributed by atoms with van der Waals surface area (Å²) in [4.78, 5) is 25.2. The van der Waals surface area contributed by atoms with Crippen LogP contribution in [0.4, 0.5) is 0 Å². The van der Waals surface area contributed by atoms with Crippen LogP contribution in [-0.2, 0) is 4.74 Å². The Bertz CT molecular complexity index is 1140. The number of hydrogen-bond acceptors (Lipinski definition) is 3. The molecule has 0 saturated carbocycles. The molecule has 4 aromatic rings. The lowest BCUT2D eigenvalue weighted by molar-refractivity contribution is 0.0601. The number of ether oxygens (including phenoxy) is 1. The molecule has 0 spiro atoms. The highest BCUT2D eigenvalue weighted by atomic mass is 16.5. The van der Waals surface area contributed by atoms with E-state index >= 15 is 0 Å². The lowest BCUT2D eigenvalue weighted by Gasteiger charge is -2.15. The van der Waals surface area contributed by atoms with Crippen molar-refractivity contribution in [2.75, 3.05) is 7.11 Å². The molecule has 24 heavy (non-hydrogen) atoms. The summed E-state index contributed by atoms with van der Waals surface area (Å²) in [5.74, 6) is -0.475. The number of methoxy groups -OCH3 is 1. The number of rotatable bonds is 2. The predicted octanol–water partition coefficient (Wildman–Crippen LogP) is 3.03. The molecule has 2 aromatic heterocycles. The van der Waals surface area contributed by atoms with Gasteiger partial charge in [-0.05, 0) is 36.4 Å². The number of aromatic nitrogens is 2. The monoisotopic (exact) mass is 318 g/mol. The summed E-state index contributed by atoms with van der Waals surface area (Å²) in [6, 6.07) is 18.2. The van der Waals surface area contributed by atoms with Gasteiger partial charge in [0.25, 0.3) is 5.56 Å². The Morgan fingerprint density at radius 3 is 2.33 bits per heavy atom. The van der Waals surface area contributed by atoms with Crippen LogP contribution in [-0.4, -0.2) is 22.0 Å². The van der Waals surface area contributed by atoms with Gasteiger partial charge in [0, 0.05) is 6.20 Å². The summed E-state index contributed by atoms with van der Waals surface area (Å²) in [6.07, 6.45) is 1.86. The first-order chi connectivity index (χ1) is 11.7. The van der Waals surface area contributed by atoms with Gasteiger partial charge >= 0.3 is 5.97 Å². The molecule has 5 heteroatoms. The first-order valence-electron chi connectivity index (χ1n) is 7.51. The van der Waals surface area contributed by atoms with Crippen molar-refractivity contribution in [3.8, 4) is 5.69 Å². The van der Waals surface area contributed by atoms with Gasteiger partial charge in [0.15, 0.2) is 0 Å². The van der Waals surface area contributed by atoms with Crippen molar-refractivity contribution < 1.29 is 9.53 Å². The minimum absolute atomic E-state index is 0.185. The van der Waals surface area contributed by atoms with Gasteiger partial charge in [0.1, 0.15) is 5.52 Å². The van der Waals surface area contributed by atoms with E-state index in [1.165, 1.54) is 7.11 Å². The van der Waals surface area contributed by atoms with Gasteiger partial charge in [-0.3, -0.25) is 9.36 Å². The van der Waals surface area contributed by atoms with Crippen LogP contribution in [0.2, 0.25) is 0 Å². The Balaban J connectivity index is 2.20. The molecule has 0 saturated heterocycles. The van der Waals surface area contributed by atoms with Crippen LogP contribution in [0, 0.1) is 0 Å². The van der Waals surface area contributed by atoms with E-state index in [9.17, 15) is 9.59 Å². The van der Waals surface area contributed by atoms with Crippen molar-refractivity contribution in [2.45, 2.75) is 0 Å². The SMILES string of the molecule is COC(=O)c1ccccc1-n1c(=O)c2cccn2c2ccccc21. The summed E-state index contributed by atoms with van der Waals surface area (Å²) in [6.45, 7) is 0. The van der Waals surface area contributed by atoms with E-state index in [0.717, 1.165) is 11.0 Å². The minimum Gasteiger partial charge on any atom is -0.465 e. The molecule has 0 aliphatic rings. The molecular formula is C19H14N2O3. The highest BCUT2D eigenvalue weighted by Crippen LogP contribution is 2.21. The summed E-state index contributed by atoms with van der Waals surface area (Å²) in [7, 11) is 1.33. The van der Waals surface area contributed by atoms with Gasteiger partial charge in [-0.15, -0.1) is 0 Å². The normalized spacial score (nSPS) is 11.0. The third-order valence-corrected chi connectivity index (χ3v) is 4.10. The third kappa shape index (κ3) is 1.95. The van der Waals surface area contributed by atoms with Gasteiger partial charge in [-0.2, -0.15) is 0 Å². The molecular weight excluding hydrogens is 304 g/mol. The van der Waals surface area contributed by atoms with Crippen molar-refractivity contribution >= 4 is 22.5 Å². The molecule has 5 nitrogen and oxygen atoms in total. The van der Waals surface area contributed by atoms with Crippen molar-refractivity contribution in [3.05, 3.63) is 82.8 Å². The van der Waals surface area contributed by atoms with E-state index < -0.39 is 5.97 Å². The molecule has 2 heterocycles. The standard InChI is InChI=1S/C19H14N2O3/c1-24-19(23)13-7-2-3-8-14(13)21-16-10-5-4-9-15(16)20-12-6-11-17(20)18(21)22/h2-12H,1H3. The number of nitrogens with zero attached hydrogens (tertiary/aromatic N) is 2. The number of hydrogen-bond donors (Lipinski definition) is 0. The summed E-state index contributed by atoms with van der Waals surface area (Å²) >= 11 is 0. The lowest BCUT2D eigenvalue weighted by Crippen LogP contribution is -2.23. The zero-order valence-corrected chi connectivity index (χ0v) is 13.0. The van der Waals surface area contributed by atoms with Crippen LogP contribution in [0.5, 0.6) is 0 Å². The molecule has 0 aliphatic heterocycles. The summed E-state index contributed by atoms with van der Waals surface area (Å²) in [5.41, 5.74) is 2.83. The van der Waals surface area contributed by atoms with Gasteiger partial charge < -0.3 is 9.14 Å².